The topological polar surface area (TPSA) is 62.2 Å². The van der Waals surface area contributed by atoms with Crippen LogP contribution in [0.15, 0.2) is 42.7 Å². The lowest BCUT2D eigenvalue weighted by Gasteiger charge is -2.05. The Kier molecular flexibility index (Phi) is 3.00. The van der Waals surface area contributed by atoms with E-state index < -0.39 is 11.7 Å². The molecule has 0 aliphatic carbocycles. The highest BCUT2D eigenvalue weighted by Crippen LogP contribution is 2.16. The highest BCUT2D eigenvalue weighted by atomic mass is 19.1. The Labute approximate surface area is 96.7 Å². The van der Waals surface area contributed by atoms with E-state index in [4.69, 9.17) is 0 Å². The molecule has 0 aliphatic rings. The zero-order chi connectivity index (χ0) is 12.3. The average Bonchev–Trinajstić information content (AvgIpc) is 2.29. The molecular weight excluding hydrogens is 223 g/mol. The summed E-state index contributed by atoms with van der Waals surface area (Å²) in [5.41, 5.74) is 0.549. The number of aromatic nitrogens is 1. The molecule has 2 rings (SSSR count). The first-order chi connectivity index (χ1) is 8.15. The first kappa shape index (κ1) is 11.1. The van der Waals surface area contributed by atoms with E-state index in [1.165, 1.54) is 18.3 Å². The predicted molar refractivity (Wildman–Crippen MR) is 60.3 cm³/mol. The van der Waals surface area contributed by atoms with Crippen molar-refractivity contribution in [3.05, 3.63) is 54.1 Å². The van der Waals surface area contributed by atoms with Crippen molar-refractivity contribution in [1.29, 1.82) is 0 Å². The van der Waals surface area contributed by atoms with Crippen LogP contribution in [0.4, 0.5) is 10.1 Å². The Bertz CT molecular complexity index is 558. The van der Waals surface area contributed by atoms with E-state index in [9.17, 15) is 14.3 Å². The van der Waals surface area contributed by atoms with Gasteiger partial charge in [-0.3, -0.25) is 9.78 Å². The van der Waals surface area contributed by atoms with Gasteiger partial charge in [0.15, 0.2) is 0 Å². The standard InChI is InChI=1S/C12H9FN2O2/c13-9-4-8(6-14-7-9)12(17)15-10-2-1-3-11(16)5-10/h1-7,16H,(H,15,17). The van der Waals surface area contributed by atoms with Crippen LogP contribution in [0.3, 0.4) is 0 Å². The fourth-order valence-electron chi connectivity index (χ4n) is 1.32. The summed E-state index contributed by atoms with van der Waals surface area (Å²) in [6, 6.07) is 7.17. The number of phenols is 1. The molecule has 4 nitrogen and oxygen atoms in total. The summed E-state index contributed by atoms with van der Waals surface area (Å²) in [5.74, 6) is -1.02. The van der Waals surface area contributed by atoms with Crippen LogP contribution in [-0.2, 0) is 0 Å². The van der Waals surface area contributed by atoms with E-state index in [-0.39, 0.29) is 11.3 Å². The summed E-state index contributed by atoms with van der Waals surface area (Å²) < 4.78 is 12.8. The van der Waals surface area contributed by atoms with Gasteiger partial charge in [0.25, 0.3) is 5.91 Å². The summed E-state index contributed by atoms with van der Waals surface area (Å²) >= 11 is 0. The molecule has 0 spiro atoms. The second-order valence-electron chi connectivity index (χ2n) is 3.40. The normalized spacial score (nSPS) is 9.94. The van der Waals surface area contributed by atoms with Crippen molar-refractivity contribution in [2.24, 2.45) is 0 Å². The number of halogens is 1. The number of hydrogen-bond acceptors (Lipinski definition) is 3. The molecule has 1 amide bonds. The molecule has 17 heavy (non-hydrogen) atoms. The van der Waals surface area contributed by atoms with Crippen molar-refractivity contribution in [3.8, 4) is 5.75 Å². The first-order valence-corrected chi connectivity index (χ1v) is 4.86. The molecule has 2 aromatic rings. The molecule has 5 heteroatoms. The monoisotopic (exact) mass is 232 g/mol. The SMILES string of the molecule is O=C(Nc1cccc(O)c1)c1cncc(F)c1. The van der Waals surface area contributed by atoms with Gasteiger partial charge in [-0.2, -0.15) is 0 Å². The van der Waals surface area contributed by atoms with E-state index in [0.717, 1.165) is 12.3 Å². The van der Waals surface area contributed by atoms with Crippen LogP contribution in [0.1, 0.15) is 10.4 Å². The van der Waals surface area contributed by atoms with Gasteiger partial charge >= 0.3 is 0 Å². The molecule has 0 saturated carbocycles. The van der Waals surface area contributed by atoms with E-state index in [1.54, 1.807) is 12.1 Å². The molecule has 86 valence electrons. The number of pyridine rings is 1. The van der Waals surface area contributed by atoms with Crippen molar-refractivity contribution >= 4 is 11.6 Å². The second-order valence-corrected chi connectivity index (χ2v) is 3.40. The molecule has 1 heterocycles. The van der Waals surface area contributed by atoms with Crippen molar-refractivity contribution < 1.29 is 14.3 Å². The predicted octanol–water partition coefficient (Wildman–Crippen LogP) is 2.18. The van der Waals surface area contributed by atoms with Gasteiger partial charge in [-0.05, 0) is 18.2 Å². The highest BCUT2D eigenvalue weighted by molar-refractivity contribution is 6.04. The number of carbonyl (C=O) groups excluding carboxylic acids is 1. The molecular formula is C12H9FN2O2. The molecule has 0 fully saturated rings. The molecule has 0 radical (unpaired) electrons. The van der Waals surface area contributed by atoms with E-state index >= 15 is 0 Å². The molecule has 0 aliphatic heterocycles. The third-order valence-corrected chi connectivity index (χ3v) is 2.07. The maximum absolute atomic E-state index is 12.8. The summed E-state index contributed by atoms with van der Waals surface area (Å²) in [5, 5.41) is 11.7. The van der Waals surface area contributed by atoms with Crippen LogP contribution < -0.4 is 5.32 Å². The van der Waals surface area contributed by atoms with Gasteiger partial charge in [0.2, 0.25) is 0 Å². The number of anilines is 1. The van der Waals surface area contributed by atoms with Crippen LogP contribution >= 0.6 is 0 Å². The summed E-state index contributed by atoms with van der Waals surface area (Å²) in [4.78, 5) is 15.3. The smallest absolute Gasteiger partial charge is 0.257 e. The maximum atomic E-state index is 12.8. The quantitative estimate of drug-likeness (QED) is 0.834. The minimum atomic E-state index is -0.575. The summed E-state index contributed by atoms with van der Waals surface area (Å²) in [7, 11) is 0. The van der Waals surface area contributed by atoms with Crippen LogP contribution in [0.5, 0.6) is 5.75 Å². The summed E-state index contributed by atoms with van der Waals surface area (Å²) in [6.45, 7) is 0. The van der Waals surface area contributed by atoms with Crippen LogP contribution in [-0.4, -0.2) is 16.0 Å². The number of aromatic hydroxyl groups is 1. The molecule has 1 aromatic heterocycles. The van der Waals surface area contributed by atoms with Gasteiger partial charge in [0, 0.05) is 18.0 Å². The minimum absolute atomic E-state index is 0.0418. The number of nitrogens with zero attached hydrogens (tertiary/aromatic N) is 1. The van der Waals surface area contributed by atoms with Gasteiger partial charge in [0.1, 0.15) is 11.6 Å². The molecule has 2 N–H and O–H groups in total. The van der Waals surface area contributed by atoms with Gasteiger partial charge in [-0.25, -0.2) is 4.39 Å². The molecule has 0 bridgehead atoms. The Balaban J connectivity index is 2.17. The van der Waals surface area contributed by atoms with E-state index in [1.807, 2.05) is 0 Å². The first-order valence-electron chi connectivity index (χ1n) is 4.86. The van der Waals surface area contributed by atoms with Gasteiger partial charge < -0.3 is 10.4 Å². The van der Waals surface area contributed by atoms with Crippen molar-refractivity contribution in [1.82, 2.24) is 4.98 Å². The maximum Gasteiger partial charge on any atom is 0.257 e. The van der Waals surface area contributed by atoms with Gasteiger partial charge in [-0.1, -0.05) is 6.07 Å². The molecule has 1 aromatic carbocycles. The van der Waals surface area contributed by atoms with Gasteiger partial charge in [0.05, 0.1) is 11.8 Å². The molecule has 0 saturated heterocycles. The Morgan fingerprint density at radius 2 is 2.12 bits per heavy atom. The fraction of sp³-hybridized carbons (Fsp3) is 0. The van der Waals surface area contributed by atoms with Crippen molar-refractivity contribution in [2.45, 2.75) is 0 Å². The number of phenolic OH excluding ortho intramolecular Hbond substituents is 1. The van der Waals surface area contributed by atoms with Crippen LogP contribution in [0.25, 0.3) is 0 Å². The average molecular weight is 232 g/mol. The van der Waals surface area contributed by atoms with Gasteiger partial charge in [-0.15, -0.1) is 0 Å². The van der Waals surface area contributed by atoms with Crippen LogP contribution in [0.2, 0.25) is 0 Å². The fourth-order valence-corrected chi connectivity index (χ4v) is 1.32. The third kappa shape index (κ3) is 2.78. The van der Waals surface area contributed by atoms with Crippen molar-refractivity contribution in [2.75, 3.05) is 5.32 Å². The lowest BCUT2D eigenvalue weighted by molar-refractivity contribution is 0.102. The van der Waals surface area contributed by atoms with Crippen molar-refractivity contribution in [3.63, 3.8) is 0 Å². The molecule has 0 unspecified atom stereocenters. The zero-order valence-corrected chi connectivity index (χ0v) is 8.72. The summed E-state index contributed by atoms with van der Waals surface area (Å²) in [6.07, 6.45) is 2.28. The number of amides is 1. The van der Waals surface area contributed by atoms with E-state index in [0.29, 0.717) is 5.69 Å². The number of hydrogen-bond donors (Lipinski definition) is 2. The van der Waals surface area contributed by atoms with Crippen LogP contribution in [0, 0.1) is 5.82 Å². The lowest BCUT2D eigenvalue weighted by Crippen LogP contribution is -2.12. The second kappa shape index (κ2) is 4.61. The molecule has 0 atom stereocenters. The Morgan fingerprint density at radius 1 is 1.29 bits per heavy atom. The third-order valence-electron chi connectivity index (χ3n) is 2.07. The Hall–Kier alpha value is -2.43. The minimum Gasteiger partial charge on any atom is -0.508 e. The lowest BCUT2D eigenvalue weighted by atomic mass is 10.2. The zero-order valence-electron chi connectivity index (χ0n) is 8.72. The number of rotatable bonds is 2. The largest absolute Gasteiger partial charge is 0.508 e. The number of carbonyl (C=O) groups is 1. The van der Waals surface area contributed by atoms with E-state index in [2.05, 4.69) is 10.3 Å². The Morgan fingerprint density at radius 3 is 2.82 bits per heavy atom. The number of nitrogens with one attached hydrogen (secondary N) is 1. The number of benzene rings is 1. The highest BCUT2D eigenvalue weighted by Gasteiger charge is 2.07.